The zero-order valence-electron chi connectivity index (χ0n) is 12.5. The average molecular weight is 289 g/mol. The molecular formula is C15H31NO4. The van der Waals surface area contributed by atoms with Gasteiger partial charge in [-0.3, -0.25) is 0 Å². The van der Waals surface area contributed by atoms with E-state index >= 15 is 0 Å². The van der Waals surface area contributed by atoms with Gasteiger partial charge in [0.2, 0.25) is 0 Å². The number of β-amino-alcohol motifs (C(OH)–C–C–N with tert-alkyl or cyclic N) is 1. The predicted molar refractivity (Wildman–Crippen MR) is 78.4 cm³/mol. The van der Waals surface area contributed by atoms with Crippen molar-refractivity contribution in [3.63, 3.8) is 0 Å². The second-order valence-corrected chi connectivity index (χ2v) is 6.01. The van der Waals surface area contributed by atoms with Crippen molar-refractivity contribution in [1.29, 1.82) is 0 Å². The summed E-state index contributed by atoms with van der Waals surface area (Å²) in [5.74, 6) is 0. The smallest absolute Gasteiger partial charge is 0.108 e. The van der Waals surface area contributed by atoms with Crippen LogP contribution in [0.1, 0.15) is 58.3 Å². The maximum Gasteiger partial charge on any atom is 0.108 e. The molecule has 1 rings (SSSR count). The van der Waals surface area contributed by atoms with Gasteiger partial charge in [0.25, 0.3) is 0 Å². The van der Waals surface area contributed by atoms with Crippen LogP contribution in [0, 0.1) is 0 Å². The van der Waals surface area contributed by atoms with Crippen LogP contribution in [0.2, 0.25) is 0 Å². The fourth-order valence-corrected chi connectivity index (χ4v) is 2.77. The fraction of sp³-hybridized carbons (Fsp3) is 1.00. The maximum absolute atomic E-state index is 9.98. The van der Waals surface area contributed by atoms with Gasteiger partial charge in [-0.15, -0.1) is 0 Å². The van der Waals surface area contributed by atoms with E-state index < -0.39 is 24.4 Å². The molecule has 5 N–H and O–H groups in total. The summed E-state index contributed by atoms with van der Waals surface area (Å²) in [6.07, 6.45) is 4.75. The highest BCUT2D eigenvalue weighted by molar-refractivity contribution is 4.92. The molecule has 0 aromatic rings. The molecule has 0 spiro atoms. The third-order valence-corrected chi connectivity index (χ3v) is 4.16. The van der Waals surface area contributed by atoms with Crippen LogP contribution in [0.25, 0.3) is 0 Å². The first kappa shape index (κ1) is 17.9. The summed E-state index contributed by atoms with van der Waals surface area (Å²) in [6, 6.07) is -0.344. The Morgan fingerprint density at radius 3 is 2.35 bits per heavy atom. The van der Waals surface area contributed by atoms with Crippen LogP contribution in [0.5, 0.6) is 0 Å². The Labute approximate surface area is 122 Å². The number of rotatable bonds is 9. The molecule has 1 saturated heterocycles. The number of piperidine rings is 1. The van der Waals surface area contributed by atoms with Crippen LogP contribution in [-0.4, -0.2) is 57.4 Å². The van der Waals surface area contributed by atoms with Crippen LogP contribution in [0.3, 0.4) is 0 Å². The molecule has 120 valence electrons. The predicted octanol–water partition coefficient (Wildman–Crippen LogP) is 0.542. The van der Waals surface area contributed by atoms with E-state index in [4.69, 9.17) is 0 Å². The van der Waals surface area contributed by atoms with E-state index in [2.05, 4.69) is 12.2 Å². The lowest BCUT2D eigenvalue weighted by Crippen LogP contribution is -2.60. The van der Waals surface area contributed by atoms with Gasteiger partial charge in [-0.25, -0.2) is 0 Å². The van der Waals surface area contributed by atoms with Crippen LogP contribution < -0.4 is 5.32 Å². The van der Waals surface area contributed by atoms with Crippen molar-refractivity contribution in [2.75, 3.05) is 6.54 Å². The molecule has 5 nitrogen and oxygen atoms in total. The van der Waals surface area contributed by atoms with Crippen LogP contribution >= 0.6 is 0 Å². The van der Waals surface area contributed by atoms with Gasteiger partial charge in [0.05, 0.1) is 18.3 Å². The molecule has 0 aromatic heterocycles. The molecule has 0 aliphatic carbocycles. The molecule has 1 heterocycles. The Hall–Kier alpha value is -0.200. The summed E-state index contributed by atoms with van der Waals surface area (Å²) in [6.45, 7) is 2.45. The van der Waals surface area contributed by atoms with Crippen molar-refractivity contribution in [1.82, 2.24) is 5.32 Å². The molecule has 0 amide bonds. The first-order chi connectivity index (χ1) is 9.56. The van der Waals surface area contributed by atoms with E-state index in [1.54, 1.807) is 0 Å². The number of aliphatic hydroxyl groups excluding tert-OH is 4. The van der Waals surface area contributed by atoms with E-state index in [9.17, 15) is 20.4 Å². The normalized spacial score (nSPS) is 32.2. The molecule has 0 bridgehead atoms. The second-order valence-electron chi connectivity index (χ2n) is 6.01. The van der Waals surface area contributed by atoms with Crippen molar-refractivity contribution in [3.05, 3.63) is 0 Å². The topological polar surface area (TPSA) is 93.0 Å². The molecule has 0 saturated carbocycles. The van der Waals surface area contributed by atoms with Gasteiger partial charge in [-0.05, 0) is 12.8 Å². The fourth-order valence-electron chi connectivity index (χ4n) is 2.77. The Balaban J connectivity index is 2.14. The quantitative estimate of drug-likeness (QED) is 0.400. The van der Waals surface area contributed by atoms with Gasteiger partial charge in [0.15, 0.2) is 0 Å². The van der Waals surface area contributed by atoms with Crippen LogP contribution in [0.15, 0.2) is 0 Å². The summed E-state index contributed by atoms with van der Waals surface area (Å²) in [7, 11) is 0. The Kier molecular flexibility index (Phi) is 8.64. The monoisotopic (exact) mass is 289 g/mol. The second kappa shape index (κ2) is 9.68. The zero-order chi connectivity index (χ0) is 15.0. The summed E-state index contributed by atoms with van der Waals surface area (Å²) in [5, 5.41) is 41.8. The summed E-state index contributed by atoms with van der Waals surface area (Å²) < 4.78 is 0. The molecule has 1 fully saturated rings. The van der Waals surface area contributed by atoms with Crippen molar-refractivity contribution in [2.24, 2.45) is 0 Å². The average Bonchev–Trinajstić information content (AvgIpc) is 2.43. The Morgan fingerprint density at radius 2 is 1.65 bits per heavy atom. The van der Waals surface area contributed by atoms with Crippen LogP contribution in [-0.2, 0) is 0 Å². The lowest BCUT2D eigenvalue weighted by molar-refractivity contribution is -0.0997. The minimum absolute atomic E-state index is 0.257. The molecule has 0 radical (unpaired) electrons. The number of hydrogen-bond donors (Lipinski definition) is 5. The van der Waals surface area contributed by atoms with Crippen molar-refractivity contribution >= 4 is 0 Å². The molecule has 0 unspecified atom stereocenters. The van der Waals surface area contributed by atoms with Crippen LogP contribution in [0.4, 0.5) is 0 Å². The van der Waals surface area contributed by atoms with Crippen molar-refractivity contribution in [2.45, 2.75) is 88.7 Å². The third kappa shape index (κ3) is 6.06. The molecule has 5 atom stereocenters. The van der Waals surface area contributed by atoms with Gasteiger partial charge in [0.1, 0.15) is 6.10 Å². The van der Waals surface area contributed by atoms with Crippen molar-refractivity contribution in [3.8, 4) is 0 Å². The van der Waals surface area contributed by atoms with Crippen molar-refractivity contribution < 1.29 is 20.4 Å². The number of unbranched alkanes of at least 4 members (excludes halogenated alkanes) is 5. The highest BCUT2D eigenvalue weighted by Crippen LogP contribution is 2.17. The SMILES string of the molecule is CCCCCCCC[C@@H](O)C[C@@H]1NC[C@@H](O)[C@@H](O)[C@H]1O. The molecule has 20 heavy (non-hydrogen) atoms. The molecule has 5 heteroatoms. The van der Waals surface area contributed by atoms with E-state index in [1.165, 1.54) is 25.7 Å². The molecular weight excluding hydrogens is 258 g/mol. The first-order valence-electron chi connectivity index (χ1n) is 8.02. The Morgan fingerprint density at radius 1 is 1.00 bits per heavy atom. The largest absolute Gasteiger partial charge is 0.393 e. The van der Waals surface area contributed by atoms with Gasteiger partial charge >= 0.3 is 0 Å². The highest BCUT2D eigenvalue weighted by atomic mass is 16.4. The summed E-state index contributed by atoms with van der Waals surface area (Å²) in [5.41, 5.74) is 0. The number of nitrogens with one attached hydrogen (secondary N) is 1. The third-order valence-electron chi connectivity index (χ3n) is 4.16. The Bertz CT molecular complexity index is 252. The molecule has 0 aromatic carbocycles. The van der Waals surface area contributed by atoms with Gasteiger partial charge in [-0.2, -0.15) is 0 Å². The summed E-state index contributed by atoms with van der Waals surface area (Å²) in [4.78, 5) is 0. The van der Waals surface area contributed by atoms with E-state index in [-0.39, 0.29) is 12.6 Å². The highest BCUT2D eigenvalue weighted by Gasteiger charge is 2.36. The minimum atomic E-state index is -1.12. The van der Waals surface area contributed by atoms with E-state index in [1.807, 2.05) is 0 Å². The lowest BCUT2D eigenvalue weighted by atomic mass is 9.91. The standard InChI is InChI=1S/C15H31NO4/c1-2-3-4-5-6-7-8-11(17)9-12-14(19)15(20)13(18)10-16-12/h11-20H,2-10H2,1H3/t11-,12+,13-,14+,15-/m1/s1. The molecule has 1 aliphatic heterocycles. The van der Waals surface area contributed by atoms with Gasteiger partial charge < -0.3 is 25.7 Å². The lowest BCUT2D eigenvalue weighted by Gasteiger charge is -2.37. The number of hydrogen-bond acceptors (Lipinski definition) is 5. The summed E-state index contributed by atoms with van der Waals surface area (Å²) >= 11 is 0. The van der Waals surface area contributed by atoms with Gasteiger partial charge in [-0.1, -0.05) is 45.4 Å². The van der Waals surface area contributed by atoms with Gasteiger partial charge in [0, 0.05) is 12.6 Å². The molecule has 1 aliphatic rings. The van der Waals surface area contributed by atoms with E-state index in [0.717, 1.165) is 19.3 Å². The zero-order valence-corrected chi connectivity index (χ0v) is 12.5. The minimum Gasteiger partial charge on any atom is -0.393 e. The number of aliphatic hydroxyl groups is 4. The maximum atomic E-state index is 9.98. The van der Waals surface area contributed by atoms with E-state index in [0.29, 0.717) is 6.42 Å². The first-order valence-corrected chi connectivity index (χ1v) is 8.02.